The molecule has 0 radical (unpaired) electrons. The molecule has 3 aromatic rings. The van der Waals surface area contributed by atoms with Gasteiger partial charge >= 0.3 is 5.97 Å². The van der Waals surface area contributed by atoms with Crippen molar-refractivity contribution in [3.63, 3.8) is 0 Å². The van der Waals surface area contributed by atoms with Crippen molar-refractivity contribution in [1.29, 1.82) is 0 Å². The zero-order chi connectivity index (χ0) is 25.7. The summed E-state index contributed by atoms with van der Waals surface area (Å²) < 4.78 is 33.9. The first kappa shape index (κ1) is 25.5. The van der Waals surface area contributed by atoms with E-state index in [0.717, 1.165) is 41.9 Å². The Morgan fingerprint density at radius 1 is 0.972 bits per heavy atom. The molecule has 0 saturated carbocycles. The Kier molecular flexibility index (Phi) is 7.81. The van der Waals surface area contributed by atoms with Gasteiger partial charge < -0.3 is 4.74 Å². The van der Waals surface area contributed by atoms with Crippen molar-refractivity contribution in [1.82, 2.24) is 14.1 Å². The van der Waals surface area contributed by atoms with Crippen LogP contribution in [-0.4, -0.2) is 54.0 Å². The van der Waals surface area contributed by atoms with Gasteiger partial charge in [0, 0.05) is 36.0 Å². The lowest BCUT2D eigenvalue weighted by Crippen LogP contribution is -2.35. The van der Waals surface area contributed by atoms with Crippen LogP contribution in [-0.2, 0) is 19.6 Å². The number of carbonyl (C=O) groups is 2. The van der Waals surface area contributed by atoms with E-state index in [1.165, 1.54) is 34.6 Å². The average Bonchev–Trinajstić information content (AvgIpc) is 3.19. The van der Waals surface area contributed by atoms with Crippen LogP contribution in [0.2, 0.25) is 0 Å². The van der Waals surface area contributed by atoms with Crippen molar-refractivity contribution >= 4 is 27.9 Å². The van der Waals surface area contributed by atoms with Crippen molar-refractivity contribution in [2.75, 3.05) is 19.7 Å². The fourth-order valence-electron chi connectivity index (χ4n) is 4.20. The van der Waals surface area contributed by atoms with Crippen molar-refractivity contribution in [2.24, 2.45) is 0 Å². The van der Waals surface area contributed by atoms with Crippen LogP contribution in [0.15, 0.2) is 65.6 Å². The van der Waals surface area contributed by atoms with E-state index < -0.39 is 28.4 Å². The monoisotopic (exact) mass is 507 g/mol. The summed E-state index contributed by atoms with van der Waals surface area (Å²) in [5, 5.41) is 4.54. The Labute approximate surface area is 211 Å². The maximum absolute atomic E-state index is 12.8. The Morgan fingerprint density at radius 2 is 1.64 bits per heavy atom. The van der Waals surface area contributed by atoms with Gasteiger partial charge in [-0.1, -0.05) is 24.6 Å². The molecule has 0 aliphatic carbocycles. The highest BCUT2D eigenvalue weighted by Crippen LogP contribution is 2.21. The predicted molar refractivity (Wildman–Crippen MR) is 136 cm³/mol. The number of Topliss-reactive ketones (excluding diaryl/α,β-unsaturated/α-hetero) is 1. The first-order valence-corrected chi connectivity index (χ1v) is 13.3. The number of rotatable bonds is 8. The van der Waals surface area contributed by atoms with Crippen molar-refractivity contribution < 1.29 is 22.7 Å². The number of esters is 1. The van der Waals surface area contributed by atoms with E-state index in [-0.39, 0.29) is 10.5 Å². The standard InChI is InChI=1S/C27H29N3O5S/c1-20-25(21(2)30(28-20)23-9-5-3-6-10-23)15-16-27(32)35-19-26(31)22-11-13-24(14-12-22)36(33,34)29-17-7-4-8-18-29/h3,5-6,9-16H,4,7-8,17-19H2,1-2H3. The third-order valence-electron chi connectivity index (χ3n) is 6.21. The second kappa shape index (κ2) is 11.0. The number of para-hydroxylation sites is 1. The van der Waals surface area contributed by atoms with Gasteiger partial charge in [0.2, 0.25) is 10.0 Å². The summed E-state index contributed by atoms with van der Waals surface area (Å²) in [7, 11) is -3.57. The summed E-state index contributed by atoms with van der Waals surface area (Å²) in [4.78, 5) is 24.9. The normalized spacial score (nSPS) is 14.7. The molecule has 9 heteroatoms. The number of hydrogen-bond acceptors (Lipinski definition) is 6. The van der Waals surface area contributed by atoms with Gasteiger partial charge in [-0.2, -0.15) is 9.40 Å². The molecular formula is C27H29N3O5S. The summed E-state index contributed by atoms with van der Waals surface area (Å²) >= 11 is 0. The second-order valence-electron chi connectivity index (χ2n) is 8.69. The smallest absolute Gasteiger partial charge is 0.331 e. The Balaban J connectivity index is 1.35. The summed E-state index contributed by atoms with van der Waals surface area (Å²) in [6, 6.07) is 15.4. The number of piperidine rings is 1. The van der Waals surface area contributed by atoms with E-state index in [1.807, 2.05) is 44.2 Å². The van der Waals surface area contributed by atoms with Gasteiger partial charge in [0.15, 0.2) is 12.4 Å². The quantitative estimate of drug-likeness (QED) is 0.259. The fourth-order valence-corrected chi connectivity index (χ4v) is 5.72. The molecule has 0 unspecified atom stereocenters. The number of ketones is 1. The molecule has 0 N–H and O–H groups in total. The highest BCUT2D eigenvalue weighted by Gasteiger charge is 2.26. The fraction of sp³-hybridized carbons (Fsp3) is 0.296. The first-order valence-electron chi connectivity index (χ1n) is 11.9. The third kappa shape index (κ3) is 5.63. The van der Waals surface area contributed by atoms with Crippen LogP contribution in [0.1, 0.15) is 46.6 Å². The van der Waals surface area contributed by atoms with E-state index in [4.69, 9.17) is 4.74 Å². The maximum atomic E-state index is 12.8. The number of hydrogen-bond donors (Lipinski definition) is 0. The average molecular weight is 508 g/mol. The number of sulfonamides is 1. The first-order chi connectivity index (χ1) is 17.3. The molecule has 1 saturated heterocycles. The van der Waals surface area contributed by atoms with Crippen LogP contribution in [0.3, 0.4) is 0 Å². The molecule has 36 heavy (non-hydrogen) atoms. The van der Waals surface area contributed by atoms with Crippen molar-refractivity contribution in [3.8, 4) is 5.69 Å². The maximum Gasteiger partial charge on any atom is 0.331 e. The molecule has 188 valence electrons. The van der Waals surface area contributed by atoms with Crippen LogP contribution < -0.4 is 0 Å². The number of aryl methyl sites for hydroxylation is 1. The molecule has 1 aliphatic rings. The SMILES string of the molecule is Cc1nn(-c2ccccc2)c(C)c1C=CC(=O)OCC(=O)c1ccc(S(=O)(=O)N2CCCCC2)cc1. The molecule has 4 rings (SSSR count). The number of nitrogens with zero attached hydrogens (tertiary/aromatic N) is 3. The molecule has 8 nitrogen and oxygen atoms in total. The molecule has 2 heterocycles. The highest BCUT2D eigenvalue weighted by atomic mass is 32.2. The van der Waals surface area contributed by atoms with Crippen LogP contribution in [0.4, 0.5) is 0 Å². The van der Waals surface area contributed by atoms with E-state index in [2.05, 4.69) is 5.10 Å². The lowest BCUT2D eigenvalue weighted by Gasteiger charge is -2.25. The molecular weight excluding hydrogens is 478 g/mol. The topological polar surface area (TPSA) is 98.6 Å². The Morgan fingerprint density at radius 3 is 2.31 bits per heavy atom. The van der Waals surface area contributed by atoms with Gasteiger partial charge in [-0.3, -0.25) is 4.79 Å². The van der Waals surface area contributed by atoms with Gasteiger partial charge in [-0.15, -0.1) is 0 Å². The largest absolute Gasteiger partial charge is 0.454 e. The third-order valence-corrected chi connectivity index (χ3v) is 8.12. The van der Waals surface area contributed by atoms with Crippen LogP contribution >= 0.6 is 0 Å². The van der Waals surface area contributed by atoms with Crippen LogP contribution in [0.5, 0.6) is 0 Å². The van der Waals surface area contributed by atoms with E-state index in [0.29, 0.717) is 13.1 Å². The van der Waals surface area contributed by atoms with E-state index in [1.54, 1.807) is 10.8 Å². The van der Waals surface area contributed by atoms with Gasteiger partial charge in [-0.05, 0) is 69.2 Å². The van der Waals surface area contributed by atoms with Crippen molar-refractivity contribution in [2.45, 2.75) is 38.0 Å². The Bertz CT molecular complexity index is 1370. The highest BCUT2D eigenvalue weighted by molar-refractivity contribution is 7.89. The number of benzene rings is 2. The summed E-state index contributed by atoms with van der Waals surface area (Å²) in [5.41, 5.74) is 3.63. The predicted octanol–water partition coefficient (Wildman–Crippen LogP) is 4.10. The zero-order valence-electron chi connectivity index (χ0n) is 20.4. The number of ether oxygens (including phenoxy) is 1. The van der Waals surface area contributed by atoms with Crippen LogP contribution in [0, 0.1) is 13.8 Å². The summed E-state index contributed by atoms with van der Waals surface area (Å²) in [6.07, 6.45) is 5.64. The molecule has 1 aromatic heterocycles. The molecule has 0 bridgehead atoms. The number of carbonyl (C=O) groups excluding carboxylic acids is 2. The van der Waals surface area contributed by atoms with E-state index in [9.17, 15) is 18.0 Å². The minimum Gasteiger partial charge on any atom is -0.454 e. The lowest BCUT2D eigenvalue weighted by atomic mass is 10.1. The molecule has 0 spiro atoms. The molecule has 1 fully saturated rings. The second-order valence-corrected chi connectivity index (χ2v) is 10.6. The molecule has 1 aliphatic heterocycles. The van der Waals surface area contributed by atoms with Gasteiger partial charge in [0.25, 0.3) is 0 Å². The lowest BCUT2D eigenvalue weighted by molar-refractivity contribution is -0.136. The zero-order valence-corrected chi connectivity index (χ0v) is 21.2. The van der Waals surface area contributed by atoms with Crippen LogP contribution in [0.25, 0.3) is 11.8 Å². The van der Waals surface area contributed by atoms with Gasteiger partial charge in [0.1, 0.15) is 0 Å². The Hall–Kier alpha value is -3.56. The molecule has 2 aromatic carbocycles. The van der Waals surface area contributed by atoms with Crippen molar-refractivity contribution in [3.05, 3.63) is 83.2 Å². The summed E-state index contributed by atoms with van der Waals surface area (Å²) in [6.45, 7) is 4.35. The van der Waals surface area contributed by atoms with E-state index >= 15 is 0 Å². The minimum absolute atomic E-state index is 0.155. The minimum atomic E-state index is -3.57. The van der Waals surface area contributed by atoms with Gasteiger partial charge in [0.05, 0.1) is 16.3 Å². The molecule has 0 atom stereocenters. The number of aromatic nitrogens is 2. The summed E-state index contributed by atoms with van der Waals surface area (Å²) in [5.74, 6) is -1.07. The molecule has 0 amide bonds. The van der Waals surface area contributed by atoms with Gasteiger partial charge in [-0.25, -0.2) is 17.9 Å².